The Morgan fingerprint density at radius 1 is 1.60 bits per heavy atom. The normalized spacial score (nSPS) is 20.9. The zero-order valence-electron chi connectivity index (χ0n) is 9.88. The Bertz CT molecular complexity index is 190. The van der Waals surface area contributed by atoms with Gasteiger partial charge in [-0.3, -0.25) is 9.69 Å². The standard InChI is InChI=1S/C11H23N3O/c1-3-6-13-11(15)9-14(2)8-10-5-4-7-12-10/h10,12H,3-9H2,1-2H3,(H,13,15). The van der Waals surface area contributed by atoms with E-state index < -0.39 is 0 Å². The summed E-state index contributed by atoms with van der Waals surface area (Å²) in [5.74, 6) is 0.136. The number of likely N-dealkylation sites (N-methyl/N-ethyl adjacent to an activating group) is 1. The highest BCUT2D eigenvalue weighted by atomic mass is 16.2. The van der Waals surface area contributed by atoms with Crippen molar-refractivity contribution in [2.24, 2.45) is 0 Å². The van der Waals surface area contributed by atoms with Crippen LogP contribution in [0.1, 0.15) is 26.2 Å². The third-order valence-corrected chi connectivity index (χ3v) is 2.68. The van der Waals surface area contributed by atoms with Crippen LogP contribution in [0.4, 0.5) is 0 Å². The third kappa shape index (κ3) is 5.14. The molecule has 1 atom stereocenters. The number of nitrogens with zero attached hydrogens (tertiary/aromatic N) is 1. The van der Waals surface area contributed by atoms with E-state index in [1.165, 1.54) is 12.8 Å². The molecule has 88 valence electrons. The lowest BCUT2D eigenvalue weighted by Crippen LogP contribution is -2.41. The molecule has 1 rings (SSSR count). The van der Waals surface area contributed by atoms with Gasteiger partial charge in [0, 0.05) is 19.1 Å². The molecule has 1 saturated heterocycles. The van der Waals surface area contributed by atoms with Crippen molar-refractivity contribution in [1.29, 1.82) is 0 Å². The molecule has 0 aromatic heterocycles. The molecule has 0 spiro atoms. The van der Waals surface area contributed by atoms with Crippen molar-refractivity contribution in [2.75, 3.05) is 33.2 Å². The lowest BCUT2D eigenvalue weighted by Gasteiger charge is -2.20. The van der Waals surface area contributed by atoms with E-state index in [1.54, 1.807) is 0 Å². The molecule has 1 unspecified atom stereocenters. The fraction of sp³-hybridized carbons (Fsp3) is 0.909. The summed E-state index contributed by atoms with van der Waals surface area (Å²) in [6, 6.07) is 0.578. The van der Waals surface area contributed by atoms with Crippen LogP contribution in [0.2, 0.25) is 0 Å². The van der Waals surface area contributed by atoms with Crippen LogP contribution in [0.25, 0.3) is 0 Å². The molecule has 1 amide bonds. The number of rotatable bonds is 6. The smallest absolute Gasteiger partial charge is 0.234 e. The molecule has 1 heterocycles. The number of amides is 1. The Morgan fingerprint density at radius 3 is 3.00 bits per heavy atom. The van der Waals surface area contributed by atoms with Crippen LogP contribution in [0.3, 0.4) is 0 Å². The maximum Gasteiger partial charge on any atom is 0.234 e. The maximum absolute atomic E-state index is 11.4. The summed E-state index contributed by atoms with van der Waals surface area (Å²) < 4.78 is 0. The van der Waals surface area contributed by atoms with Crippen molar-refractivity contribution < 1.29 is 4.79 Å². The minimum Gasteiger partial charge on any atom is -0.355 e. The maximum atomic E-state index is 11.4. The molecule has 0 radical (unpaired) electrons. The molecule has 1 aliphatic rings. The zero-order valence-corrected chi connectivity index (χ0v) is 9.88. The molecular formula is C11H23N3O. The van der Waals surface area contributed by atoms with E-state index in [-0.39, 0.29) is 5.91 Å². The first kappa shape index (κ1) is 12.5. The van der Waals surface area contributed by atoms with Crippen LogP contribution in [-0.4, -0.2) is 50.1 Å². The molecule has 0 bridgehead atoms. The number of nitrogens with one attached hydrogen (secondary N) is 2. The van der Waals surface area contributed by atoms with E-state index >= 15 is 0 Å². The van der Waals surface area contributed by atoms with E-state index in [2.05, 4.69) is 22.5 Å². The van der Waals surface area contributed by atoms with Gasteiger partial charge >= 0.3 is 0 Å². The lowest BCUT2D eigenvalue weighted by molar-refractivity contribution is -0.121. The number of hydrogen-bond acceptors (Lipinski definition) is 3. The van der Waals surface area contributed by atoms with Gasteiger partial charge in [0.05, 0.1) is 6.54 Å². The van der Waals surface area contributed by atoms with Gasteiger partial charge in [0.2, 0.25) is 5.91 Å². The number of carbonyl (C=O) groups is 1. The first-order valence-electron chi connectivity index (χ1n) is 5.91. The molecular weight excluding hydrogens is 190 g/mol. The van der Waals surface area contributed by atoms with Gasteiger partial charge in [-0.2, -0.15) is 0 Å². The van der Waals surface area contributed by atoms with Gasteiger partial charge in [0.25, 0.3) is 0 Å². The van der Waals surface area contributed by atoms with Crippen LogP contribution < -0.4 is 10.6 Å². The van der Waals surface area contributed by atoms with Crippen LogP contribution in [0.5, 0.6) is 0 Å². The molecule has 1 fully saturated rings. The Kier molecular flexibility index (Phi) is 5.65. The SMILES string of the molecule is CCCNC(=O)CN(C)CC1CCCN1. The predicted octanol–water partition coefficient (Wildman–Crippen LogP) is 0.196. The van der Waals surface area contributed by atoms with E-state index in [0.717, 1.165) is 26.1 Å². The summed E-state index contributed by atoms with van der Waals surface area (Å²) in [4.78, 5) is 13.5. The Morgan fingerprint density at radius 2 is 2.40 bits per heavy atom. The van der Waals surface area contributed by atoms with E-state index in [1.807, 2.05) is 7.05 Å². The van der Waals surface area contributed by atoms with Crippen LogP contribution in [0.15, 0.2) is 0 Å². The monoisotopic (exact) mass is 213 g/mol. The fourth-order valence-corrected chi connectivity index (χ4v) is 1.92. The van der Waals surface area contributed by atoms with Crippen LogP contribution in [-0.2, 0) is 4.79 Å². The van der Waals surface area contributed by atoms with Crippen molar-refractivity contribution in [3.05, 3.63) is 0 Å². The Balaban J connectivity index is 2.11. The second kappa shape index (κ2) is 6.80. The van der Waals surface area contributed by atoms with E-state index in [9.17, 15) is 4.79 Å². The molecule has 2 N–H and O–H groups in total. The average molecular weight is 213 g/mol. The van der Waals surface area contributed by atoms with Crippen molar-refractivity contribution in [3.63, 3.8) is 0 Å². The molecule has 0 aromatic carbocycles. The fourth-order valence-electron chi connectivity index (χ4n) is 1.92. The summed E-state index contributed by atoms with van der Waals surface area (Å²) in [7, 11) is 2.01. The lowest BCUT2D eigenvalue weighted by atomic mass is 10.2. The number of carbonyl (C=O) groups excluding carboxylic acids is 1. The topological polar surface area (TPSA) is 44.4 Å². The average Bonchev–Trinajstić information content (AvgIpc) is 2.67. The van der Waals surface area contributed by atoms with Gasteiger partial charge < -0.3 is 10.6 Å². The van der Waals surface area contributed by atoms with Crippen molar-refractivity contribution in [2.45, 2.75) is 32.2 Å². The molecule has 0 saturated carbocycles. The molecule has 4 nitrogen and oxygen atoms in total. The second-order valence-corrected chi connectivity index (χ2v) is 4.34. The molecule has 4 heteroatoms. The van der Waals surface area contributed by atoms with E-state index in [0.29, 0.717) is 12.6 Å². The highest BCUT2D eigenvalue weighted by Gasteiger charge is 2.16. The van der Waals surface area contributed by atoms with Gasteiger partial charge in [-0.1, -0.05) is 6.92 Å². The minimum absolute atomic E-state index is 0.136. The van der Waals surface area contributed by atoms with E-state index in [4.69, 9.17) is 0 Å². The predicted molar refractivity (Wildman–Crippen MR) is 61.8 cm³/mol. The van der Waals surface area contributed by atoms with Gasteiger partial charge in [0.1, 0.15) is 0 Å². The Hall–Kier alpha value is -0.610. The minimum atomic E-state index is 0.136. The molecule has 15 heavy (non-hydrogen) atoms. The quantitative estimate of drug-likeness (QED) is 0.662. The summed E-state index contributed by atoms with van der Waals surface area (Å²) >= 11 is 0. The van der Waals surface area contributed by atoms with Crippen molar-refractivity contribution in [1.82, 2.24) is 15.5 Å². The van der Waals surface area contributed by atoms with Crippen LogP contribution >= 0.6 is 0 Å². The van der Waals surface area contributed by atoms with Gasteiger partial charge in [-0.05, 0) is 32.9 Å². The van der Waals surface area contributed by atoms with Crippen molar-refractivity contribution in [3.8, 4) is 0 Å². The highest BCUT2D eigenvalue weighted by Crippen LogP contribution is 2.05. The van der Waals surface area contributed by atoms with Gasteiger partial charge in [0.15, 0.2) is 0 Å². The zero-order chi connectivity index (χ0) is 11.1. The summed E-state index contributed by atoms with van der Waals surface area (Å²) in [6.45, 7) is 5.46. The first-order chi connectivity index (χ1) is 7.22. The summed E-state index contributed by atoms with van der Waals surface area (Å²) in [5, 5.41) is 6.32. The highest BCUT2D eigenvalue weighted by molar-refractivity contribution is 5.77. The van der Waals surface area contributed by atoms with Gasteiger partial charge in [-0.25, -0.2) is 0 Å². The largest absolute Gasteiger partial charge is 0.355 e. The van der Waals surface area contributed by atoms with Crippen molar-refractivity contribution >= 4 is 5.91 Å². The van der Waals surface area contributed by atoms with Gasteiger partial charge in [-0.15, -0.1) is 0 Å². The third-order valence-electron chi connectivity index (χ3n) is 2.68. The number of hydrogen-bond donors (Lipinski definition) is 2. The molecule has 1 aliphatic heterocycles. The molecule has 0 aromatic rings. The first-order valence-corrected chi connectivity index (χ1v) is 5.91. The summed E-state index contributed by atoms with van der Waals surface area (Å²) in [5.41, 5.74) is 0. The Labute approximate surface area is 92.4 Å². The second-order valence-electron chi connectivity index (χ2n) is 4.34. The summed E-state index contributed by atoms with van der Waals surface area (Å²) in [6.07, 6.45) is 3.50. The molecule has 0 aliphatic carbocycles. The van der Waals surface area contributed by atoms with Crippen LogP contribution in [0, 0.1) is 0 Å².